The van der Waals surface area contributed by atoms with E-state index in [-0.39, 0.29) is 5.97 Å². The third-order valence-electron chi connectivity index (χ3n) is 4.52. The second kappa shape index (κ2) is 11.8. The maximum Gasteiger partial charge on any atom is 0.338 e. The third kappa shape index (κ3) is 6.66. The zero-order chi connectivity index (χ0) is 19.5. The maximum atomic E-state index is 12.7. The predicted molar refractivity (Wildman–Crippen MR) is 118 cm³/mol. The van der Waals surface area contributed by atoms with Crippen molar-refractivity contribution in [2.45, 2.75) is 46.0 Å². The Kier molecular flexibility index (Phi) is 9.34. The number of ether oxygens (including phenoxy) is 1. The topological polar surface area (TPSA) is 26.3 Å². The predicted octanol–water partition coefficient (Wildman–Crippen LogP) is 7.06. The molecule has 0 heterocycles. The third-order valence-corrected chi connectivity index (χ3v) is 5.08. The van der Waals surface area contributed by atoms with E-state index in [1.807, 2.05) is 30.3 Å². The summed E-state index contributed by atoms with van der Waals surface area (Å²) in [5, 5.41) is 0.830. The first-order chi connectivity index (χ1) is 13.2. The van der Waals surface area contributed by atoms with E-state index >= 15 is 0 Å². The van der Waals surface area contributed by atoms with Crippen LogP contribution in [0.2, 0.25) is 0 Å². The molecule has 2 aromatic rings. The molecule has 0 aromatic heterocycles. The summed E-state index contributed by atoms with van der Waals surface area (Å²) >= 11 is 3.38. The van der Waals surface area contributed by atoms with Crippen LogP contribution in [0.5, 0.6) is 0 Å². The molecule has 0 unspecified atom stereocenters. The average Bonchev–Trinajstić information content (AvgIpc) is 2.68. The molecule has 0 aliphatic heterocycles. The Morgan fingerprint density at radius 3 is 2.52 bits per heavy atom. The Morgan fingerprint density at radius 1 is 1.04 bits per heavy atom. The number of benzene rings is 2. The molecule has 27 heavy (non-hydrogen) atoms. The molecule has 0 aliphatic carbocycles. The van der Waals surface area contributed by atoms with Crippen LogP contribution >= 0.6 is 15.9 Å². The van der Waals surface area contributed by atoms with Gasteiger partial charge in [-0.15, -0.1) is 0 Å². The van der Waals surface area contributed by atoms with Crippen LogP contribution in [0, 0.1) is 6.92 Å². The van der Waals surface area contributed by atoms with E-state index in [0.717, 1.165) is 41.3 Å². The minimum absolute atomic E-state index is 0.232. The van der Waals surface area contributed by atoms with Crippen molar-refractivity contribution in [2.75, 3.05) is 11.9 Å². The van der Waals surface area contributed by atoms with E-state index < -0.39 is 0 Å². The number of carbonyl (C=O) groups excluding carboxylic acids is 1. The van der Waals surface area contributed by atoms with Gasteiger partial charge in [0, 0.05) is 5.33 Å². The fourth-order valence-electron chi connectivity index (χ4n) is 3.15. The van der Waals surface area contributed by atoms with Crippen molar-refractivity contribution in [3.8, 4) is 0 Å². The van der Waals surface area contributed by atoms with Gasteiger partial charge in [0.2, 0.25) is 0 Å². The summed E-state index contributed by atoms with van der Waals surface area (Å²) in [7, 11) is 0. The second-order valence-electron chi connectivity index (χ2n) is 6.71. The molecule has 0 fully saturated rings. The molecule has 0 N–H and O–H groups in total. The van der Waals surface area contributed by atoms with Gasteiger partial charge in [0.05, 0.1) is 12.2 Å². The number of esters is 1. The van der Waals surface area contributed by atoms with E-state index in [1.54, 1.807) is 0 Å². The smallest absolute Gasteiger partial charge is 0.338 e. The summed E-state index contributed by atoms with van der Waals surface area (Å²) in [4.78, 5) is 12.7. The van der Waals surface area contributed by atoms with E-state index in [1.165, 1.54) is 18.4 Å². The number of hydrogen-bond donors (Lipinski definition) is 0. The van der Waals surface area contributed by atoms with Gasteiger partial charge in [0.1, 0.15) is 0 Å². The zero-order valence-electron chi connectivity index (χ0n) is 16.3. The van der Waals surface area contributed by atoms with Crippen molar-refractivity contribution in [3.63, 3.8) is 0 Å². The lowest BCUT2D eigenvalue weighted by Crippen LogP contribution is -2.10. The molecule has 2 aromatic carbocycles. The average molecular weight is 429 g/mol. The summed E-state index contributed by atoms with van der Waals surface area (Å²) in [5.74, 6) is -0.232. The molecule has 2 nitrogen and oxygen atoms in total. The summed E-state index contributed by atoms with van der Waals surface area (Å²) < 4.78 is 5.49. The highest BCUT2D eigenvalue weighted by molar-refractivity contribution is 9.09. The van der Waals surface area contributed by atoms with Gasteiger partial charge in [-0.05, 0) is 54.5 Å². The summed E-state index contributed by atoms with van der Waals surface area (Å²) in [5.41, 5.74) is 5.18. The second-order valence-corrected chi connectivity index (χ2v) is 7.51. The van der Waals surface area contributed by atoms with Gasteiger partial charge < -0.3 is 4.74 Å². The molecular weight excluding hydrogens is 400 g/mol. The van der Waals surface area contributed by atoms with Crippen molar-refractivity contribution in [1.29, 1.82) is 0 Å². The first-order valence-corrected chi connectivity index (χ1v) is 10.9. The van der Waals surface area contributed by atoms with Crippen molar-refractivity contribution in [3.05, 3.63) is 70.8 Å². The fourth-order valence-corrected chi connectivity index (χ4v) is 3.38. The minimum Gasteiger partial charge on any atom is -0.462 e. The summed E-state index contributed by atoms with van der Waals surface area (Å²) in [6, 6.07) is 16.2. The van der Waals surface area contributed by atoms with Crippen LogP contribution in [-0.2, 0) is 4.74 Å². The van der Waals surface area contributed by atoms with Crippen LogP contribution in [0.3, 0.4) is 0 Å². The van der Waals surface area contributed by atoms with Crippen LogP contribution in [0.4, 0.5) is 0 Å². The largest absolute Gasteiger partial charge is 0.462 e. The van der Waals surface area contributed by atoms with Crippen molar-refractivity contribution >= 4 is 33.5 Å². The Labute approximate surface area is 171 Å². The monoisotopic (exact) mass is 428 g/mol. The Hall–Kier alpha value is -1.87. The first kappa shape index (κ1) is 21.4. The fraction of sp³-hybridized carbons (Fsp3) is 0.375. The normalized spacial score (nSPS) is 11.4. The number of unbranched alkanes of at least 4 members (excludes halogenated alkanes) is 2. The Balaban J connectivity index is 2.41. The highest BCUT2D eigenvalue weighted by atomic mass is 79.9. The molecule has 0 saturated heterocycles. The lowest BCUT2D eigenvalue weighted by atomic mass is 9.90. The number of hydrogen-bond acceptors (Lipinski definition) is 2. The minimum atomic E-state index is -0.232. The van der Waals surface area contributed by atoms with Crippen LogP contribution in [0.15, 0.2) is 48.5 Å². The van der Waals surface area contributed by atoms with Crippen molar-refractivity contribution in [2.24, 2.45) is 0 Å². The highest BCUT2D eigenvalue weighted by Crippen LogP contribution is 2.30. The van der Waals surface area contributed by atoms with Crippen molar-refractivity contribution in [1.82, 2.24) is 0 Å². The quantitative estimate of drug-likeness (QED) is 0.175. The van der Waals surface area contributed by atoms with E-state index in [4.69, 9.17) is 4.74 Å². The zero-order valence-corrected chi connectivity index (χ0v) is 17.9. The van der Waals surface area contributed by atoms with Crippen LogP contribution in [0.25, 0.3) is 11.6 Å². The van der Waals surface area contributed by atoms with Gasteiger partial charge >= 0.3 is 5.97 Å². The Morgan fingerprint density at radius 2 is 1.81 bits per heavy atom. The van der Waals surface area contributed by atoms with Crippen LogP contribution in [0.1, 0.15) is 66.1 Å². The summed E-state index contributed by atoms with van der Waals surface area (Å²) in [6.45, 7) is 4.72. The van der Waals surface area contributed by atoms with E-state index in [2.05, 4.69) is 54.1 Å². The van der Waals surface area contributed by atoms with E-state index in [0.29, 0.717) is 12.2 Å². The molecule has 144 valence electrons. The number of rotatable bonds is 10. The molecule has 0 bridgehead atoms. The highest BCUT2D eigenvalue weighted by Gasteiger charge is 2.17. The van der Waals surface area contributed by atoms with Crippen LogP contribution < -0.4 is 0 Å². The number of alkyl halides is 1. The molecule has 3 heteroatoms. The molecule has 2 rings (SSSR count). The Bertz CT molecular complexity index is 750. The maximum absolute atomic E-state index is 12.7. The van der Waals surface area contributed by atoms with Gasteiger partial charge in [-0.3, -0.25) is 0 Å². The number of carbonyl (C=O) groups is 1. The molecule has 0 atom stereocenters. The molecule has 0 aliphatic rings. The number of halogens is 1. The molecular formula is C24H29BrO2. The van der Waals surface area contributed by atoms with Gasteiger partial charge in [-0.1, -0.05) is 84.2 Å². The van der Waals surface area contributed by atoms with E-state index in [9.17, 15) is 4.79 Å². The first-order valence-electron chi connectivity index (χ1n) is 9.76. The molecule has 0 spiro atoms. The lowest BCUT2D eigenvalue weighted by Gasteiger charge is -2.16. The van der Waals surface area contributed by atoms with Gasteiger partial charge in [-0.2, -0.15) is 0 Å². The van der Waals surface area contributed by atoms with Gasteiger partial charge in [-0.25, -0.2) is 4.79 Å². The molecule has 0 radical (unpaired) electrons. The van der Waals surface area contributed by atoms with Crippen LogP contribution in [-0.4, -0.2) is 17.9 Å². The van der Waals surface area contributed by atoms with Crippen molar-refractivity contribution < 1.29 is 9.53 Å². The standard InChI is InChI=1S/C24H29BrO2/c1-3-4-6-14-21(18-20-12-7-5-8-13-20)23-19(2)11-9-15-22(23)24(26)27-17-10-16-25/h5,7-9,11-13,15,18H,3-4,6,10,14,16-17H2,1-2H3/b21-18-. The lowest BCUT2D eigenvalue weighted by molar-refractivity contribution is 0.0506. The van der Waals surface area contributed by atoms with Gasteiger partial charge in [0.25, 0.3) is 0 Å². The summed E-state index contributed by atoms with van der Waals surface area (Å²) in [6.07, 6.45) is 7.46. The molecule has 0 saturated carbocycles. The van der Waals surface area contributed by atoms with Gasteiger partial charge in [0.15, 0.2) is 0 Å². The molecule has 0 amide bonds. The number of allylic oxidation sites excluding steroid dienone is 1. The SMILES string of the molecule is CCCCC/C(=C/c1ccccc1)c1c(C)cccc1C(=O)OCCCBr. The number of aryl methyl sites for hydroxylation is 1.